The van der Waals surface area contributed by atoms with Crippen molar-refractivity contribution in [1.82, 2.24) is 0 Å². The lowest BCUT2D eigenvalue weighted by atomic mass is 10.1. The van der Waals surface area contributed by atoms with Gasteiger partial charge in [0.1, 0.15) is 11.6 Å². The summed E-state index contributed by atoms with van der Waals surface area (Å²) in [4.78, 5) is 1.17. The van der Waals surface area contributed by atoms with Gasteiger partial charge in [0.25, 0.3) is 0 Å². The molecular formula is C16H18FNOS. The van der Waals surface area contributed by atoms with E-state index in [1.807, 2.05) is 25.1 Å². The number of hydrogen-bond donors (Lipinski definition) is 2. The Balaban J connectivity index is 2.21. The first kappa shape index (κ1) is 14.7. The largest absolute Gasteiger partial charge is 0.507 e. The van der Waals surface area contributed by atoms with Gasteiger partial charge in [-0.1, -0.05) is 25.1 Å². The summed E-state index contributed by atoms with van der Waals surface area (Å²) in [5, 5.41) is 13.2. The summed E-state index contributed by atoms with van der Waals surface area (Å²) in [6.45, 7) is 4.05. The minimum atomic E-state index is -0.430. The average Bonchev–Trinajstić information content (AvgIpc) is 2.41. The molecule has 1 atom stereocenters. The van der Waals surface area contributed by atoms with E-state index in [0.717, 1.165) is 17.5 Å². The molecule has 4 heteroatoms. The molecule has 0 bridgehead atoms. The zero-order chi connectivity index (χ0) is 14.5. The van der Waals surface area contributed by atoms with E-state index in [2.05, 4.69) is 18.3 Å². The van der Waals surface area contributed by atoms with Gasteiger partial charge in [-0.25, -0.2) is 4.39 Å². The number of anilines is 1. The summed E-state index contributed by atoms with van der Waals surface area (Å²) in [6, 6.07) is 12.1. The van der Waals surface area contributed by atoms with E-state index in [0.29, 0.717) is 5.56 Å². The molecule has 0 aliphatic carbocycles. The molecule has 106 valence electrons. The van der Waals surface area contributed by atoms with Gasteiger partial charge in [-0.2, -0.15) is 0 Å². The Bertz CT molecular complexity index is 588. The number of thioether (sulfide) groups is 1. The Hall–Kier alpha value is -1.68. The van der Waals surface area contributed by atoms with Crippen LogP contribution in [0.1, 0.15) is 25.5 Å². The van der Waals surface area contributed by atoms with Crippen LogP contribution in [0, 0.1) is 5.82 Å². The molecule has 0 saturated heterocycles. The molecule has 2 N–H and O–H groups in total. The summed E-state index contributed by atoms with van der Waals surface area (Å²) in [5.41, 5.74) is 1.71. The van der Waals surface area contributed by atoms with Crippen LogP contribution in [0.2, 0.25) is 0 Å². The van der Waals surface area contributed by atoms with Crippen molar-refractivity contribution in [2.75, 3.05) is 11.1 Å². The van der Waals surface area contributed by atoms with Gasteiger partial charge in [0, 0.05) is 22.2 Å². The van der Waals surface area contributed by atoms with Gasteiger partial charge in [-0.15, -0.1) is 11.8 Å². The second kappa shape index (κ2) is 6.66. The third kappa shape index (κ3) is 3.45. The molecule has 0 aromatic heterocycles. The SMILES string of the molecule is CCSc1ccccc1NC(C)c1ccc(F)cc1O. The molecule has 0 amide bonds. The van der Waals surface area contributed by atoms with E-state index in [1.165, 1.54) is 11.0 Å². The quantitative estimate of drug-likeness (QED) is 0.775. The Kier molecular flexibility index (Phi) is 4.90. The number of para-hydroxylation sites is 1. The van der Waals surface area contributed by atoms with Gasteiger partial charge in [0.05, 0.1) is 6.04 Å². The Morgan fingerprint density at radius 2 is 2.00 bits per heavy atom. The highest BCUT2D eigenvalue weighted by Gasteiger charge is 2.12. The summed E-state index contributed by atoms with van der Waals surface area (Å²) in [7, 11) is 0. The maximum Gasteiger partial charge on any atom is 0.126 e. The van der Waals surface area contributed by atoms with Crippen LogP contribution in [0.25, 0.3) is 0 Å². The number of aromatic hydroxyl groups is 1. The molecule has 2 aromatic rings. The van der Waals surface area contributed by atoms with E-state index in [1.54, 1.807) is 17.8 Å². The van der Waals surface area contributed by atoms with Gasteiger partial charge < -0.3 is 10.4 Å². The zero-order valence-corrected chi connectivity index (χ0v) is 12.4. The highest BCUT2D eigenvalue weighted by molar-refractivity contribution is 7.99. The van der Waals surface area contributed by atoms with Crippen LogP contribution >= 0.6 is 11.8 Å². The molecule has 0 saturated carbocycles. The average molecular weight is 291 g/mol. The molecule has 2 rings (SSSR count). The molecule has 0 spiro atoms. The second-order valence-electron chi connectivity index (χ2n) is 4.50. The first-order chi connectivity index (χ1) is 9.61. The van der Waals surface area contributed by atoms with Crippen molar-refractivity contribution in [2.24, 2.45) is 0 Å². The van der Waals surface area contributed by atoms with E-state index >= 15 is 0 Å². The smallest absolute Gasteiger partial charge is 0.126 e. The third-order valence-corrected chi connectivity index (χ3v) is 3.97. The minimum absolute atomic E-state index is 0.0226. The Morgan fingerprint density at radius 3 is 2.70 bits per heavy atom. The fourth-order valence-electron chi connectivity index (χ4n) is 2.06. The Morgan fingerprint density at radius 1 is 1.25 bits per heavy atom. The van der Waals surface area contributed by atoms with E-state index in [4.69, 9.17) is 0 Å². The molecule has 0 aliphatic rings. The number of phenols is 1. The first-order valence-electron chi connectivity index (χ1n) is 6.58. The summed E-state index contributed by atoms with van der Waals surface area (Å²) in [6.07, 6.45) is 0. The number of halogens is 1. The van der Waals surface area contributed by atoms with Gasteiger partial charge in [-0.3, -0.25) is 0 Å². The van der Waals surface area contributed by atoms with Crippen LogP contribution in [0.15, 0.2) is 47.4 Å². The fraction of sp³-hybridized carbons (Fsp3) is 0.250. The molecular weight excluding hydrogens is 273 g/mol. The minimum Gasteiger partial charge on any atom is -0.507 e. The van der Waals surface area contributed by atoms with Crippen molar-refractivity contribution in [2.45, 2.75) is 24.8 Å². The van der Waals surface area contributed by atoms with E-state index in [9.17, 15) is 9.50 Å². The lowest BCUT2D eigenvalue weighted by Gasteiger charge is -2.19. The summed E-state index contributed by atoms with van der Waals surface area (Å²) >= 11 is 1.76. The highest BCUT2D eigenvalue weighted by Crippen LogP contribution is 2.32. The van der Waals surface area contributed by atoms with Crippen LogP contribution < -0.4 is 5.32 Å². The number of rotatable bonds is 5. The number of nitrogens with one attached hydrogen (secondary N) is 1. The van der Waals surface area contributed by atoms with Crippen molar-refractivity contribution < 1.29 is 9.50 Å². The standard InChI is InChI=1S/C16H18FNOS/c1-3-20-16-7-5-4-6-14(16)18-11(2)13-9-8-12(17)10-15(13)19/h4-11,18-19H,3H2,1-2H3. The third-order valence-electron chi connectivity index (χ3n) is 3.02. The van der Waals surface area contributed by atoms with Gasteiger partial charge >= 0.3 is 0 Å². The maximum atomic E-state index is 13.0. The fourth-order valence-corrected chi connectivity index (χ4v) is 2.83. The highest BCUT2D eigenvalue weighted by atomic mass is 32.2. The van der Waals surface area contributed by atoms with Crippen LogP contribution in [0.5, 0.6) is 5.75 Å². The van der Waals surface area contributed by atoms with Gasteiger partial charge in [-0.05, 0) is 30.9 Å². The second-order valence-corrected chi connectivity index (χ2v) is 5.80. The monoisotopic (exact) mass is 291 g/mol. The topological polar surface area (TPSA) is 32.3 Å². The van der Waals surface area contributed by atoms with Crippen LogP contribution in [0.4, 0.5) is 10.1 Å². The normalized spacial score (nSPS) is 12.2. The van der Waals surface area contributed by atoms with Crippen LogP contribution in [0.3, 0.4) is 0 Å². The van der Waals surface area contributed by atoms with Gasteiger partial charge in [0.2, 0.25) is 0 Å². The number of benzene rings is 2. The molecule has 20 heavy (non-hydrogen) atoms. The predicted molar refractivity (Wildman–Crippen MR) is 82.9 cm³/mol. The zero-order valence-electron chi connectivity index (χ0n) is 11.6. The van der Waals surface area contributed by atoms with E-state index < -0.39 is 5.82 Å². The molecule has 2 aromatic carbocycles. The predicted octanol–water partition coefficient (Wildman–Crippen LogP) is 4.82. The number of hydrogen-bond acceptors (Lipinski definition) is 3. The Labute approximate surface area is 123 Å². The van der Waals surface area contributed by atoms with Crippen molar-refractivity contribution in [1.29, 1.82) is 0 Å². The molecule has 2 nitrogen and oxygen atoms in total. The molecule has 0 radical (unpaired) electrons. The lowest BCUT2D eigenvalue weighted by molar-refractivity contribution is 0.459. The molecule has 0 fully saturated rings. The molecule has 0 heterocycles. The lowest BCUT2D eigenvalue weighted by Crippen LogP contribution is -2.07. The van der Waals surface area contributed by atoms with Crippen molar-refractivity contribution in [3.05, 3.63) is 53.8 Å². The maximum absolute atomic E-state index is 13.0. The van der Waals surface area contributed by atoms with Crippen LogP contribution in [-0.4, -0.2) is 10.9 Å². The van der Waals surface area contributed by atoms with E-state index in [-0.39, 0.29) is 11.8 Å². The molecule has 1 unspecified atom stereocenters. The van der Waals surface area contributed by atoms with Crippen LogP contribution in [-0.2, 0) is 0 Å². The van der Waals surface area contributed by atoms with Crippen molar-refractivity contribution in [3.63, 3.8) is 0 Å². The number of phenolic OH excluding ortho intramolecular Hbond substituents is 1. The van der Waals surface area contributed by atoms with Crippen molar-refractivity contribution in [3.8, 4) is 5.75 Å². The summed E-state index contributed by atoms with van der Waals surface area (Å²) in [5.74, 6) is 0.542. The summed E-state index contributed by atoms with van der Waals surface area (Å²) < 4.78 is 13.0. The first-order valence-corrected chi connectivity index (χ1v) is 7.57. The van der Waals surface area contributed by atoms with Crippen molar-refractivity contribution >= 4 is 17.4 Å². The van der Waals surface area contributed by atoms with Gasteiger partial charge in [0.15, 0.2) is 0 Å². The molecule has 0 aliphatic heterocycles.